The summed E-state index contributed by atoms with van der Waals surface area (Å²) in [5, 5.41) is 0. The van der Waals surface area contributed by atoms with Crippen LogP contribution in [0, 0.1) is 0 Å². The molecule has 1 N–H and O–H groups in total. The first kappa shape index (κ1) is 46.6. The summed E-state index contributed by atoms with van der Waals surface area (Å²) in [4.78, 5) is 0. The topological polar surface area (TPSA) is 147 Å². The molecule has 14 heteroatoms. The van der Waals surface area contributed by atoms with Crippen LogP contribution in [0.25, 0.3) is 0 Å². The molecule has 0 atom stereocenters. The van der Waals surface area contributed by atoms with Gasteiger partial charge in [0.1, 0.15) is 12.4 Å². The van der Waals surface area contributed by atoms with Crippen LogP contribution in [-0.2, 0) is 59.2 Å². The lowest BCUT2D eigenvalue weighted by Gasteiger charge is -2.09. The Labute approximate surface area is 301 Å². The van der Waals surface area contributed by atoms with E-state index in [4.69, 9.17) is 51.9 Å². The molecule has 0 aliphatic heterocycles. The van der Waals surface area contributed by atoms with Crippen LogP contribution < -0.4 is 4.74 Å². The summed E-state index contributed by atoms with van der Waals surface area (Å²) in [5.74, 6) is 0.577. The fourth-order valence-corrected chi connectivity index (χ4v) is 4.94. The molecule has 294 valence electrons. The maximum atomic E-state index is 10.6. The average Bonchev–Trinajstić information content (AvgIpc) is 3.10. The number of rotatable bonds is 40. The van der Waals surface area contributed by atoms with E-state index >= 15 is 0 Å². The van der Waals surface area contributed by atoms with E-state index in [2.05, 4.69) is 19.1 Å². The molecule has 0 bridgehead atoms. The number of hydrogen-bond donors (Lipinski definition) is 1. The molecule has 0 fully saturated rings. The van der Waals surface area contributed by atoms with Crippen molar-refractivity contribution < 1.29 is 60.3 Å². The maximum Gasteiger partial charge on any atom is 0.264 e. The van der Waals surface area contributed by atoms with E-state index in [-0.39, 0.29) is 18.8 Å². The summed E-state index contributed by atoms with van der Waals surface area (Å²) < 4.78 is 84.5. The highest BCUT2D eigenvalue weighted by atomic mass is 32.2. The van der Waals surface area contributed by atoms with Gasteiger partial charge in [-0.15, -0.1) is 0 Å². The van der Waals surface area contributed by atoms with Gasteiger partial charge < -0.3 is 47.4 Å². The fourth-order valence-electron chi connectivity index (χ4n) is 4.46. The number of benzene rings is 1. The smallest absolute Gasteiger partial charge is 0.264 e. The van der Waals surface area contributed by atoms with Crippen molar-refractivity contribution in [3.8, 4) is 5.75 Å². The number of unbranched alkanes of at least 4 members (excludes halogenated alkanes) is 6. The zero-order valence-electron chi connectivity index (χ0n) is 30.6. The van der Waals surface area contributed by atoms with Crippen molar-refractivity contribution in [2.75, 3.05) is 131 Å². The first-order valence-corrected chi connectivity index (χ1v) is 20.0. The lowest BCUT2D eigenvalue weighted by atomic mass is 10.0. The van der Waals surface area contributed by atoms with Crippen molar-refractivity contribution in [3.05, 3.63) is 29.8 Å². The van der Waals surface area contributed by atoms with Gasteiger partial charge in [-0.1, -0.05) is 57.6 Å². The molecule has 1 aromatic carbocycles. The van der Waals surface area contributed by atoms with Gasteiger partial charge in [-0.2, -0.15) is 8.42 Å². The van der Waals surface area contributed by atoms with Crippen molar-refractivity contribution in [1.82, 2.24) is 0 Å². The molecule has 1 rings (SSSR count). The minimum Gasteiger partial charge on any atom is -0.491 e. The third-order valence-electron chi connectivity index (χ3n) is 7.16. The maximum absolute atomic E-state index is 10.6. The van der Waals surface area contributed by atoms with Crippen LogP contribution >= 0.6 is 0 Å². The summed E-state index contributed by atoms with van der Waals surface area (Å²) in [6.45, 7) is 11.1. The summed E-state index contributed by atoms with van der Waals surface area (Å²) >= 11 is 0. The molecule has 0 aromatic heterocycles. The second kappa shape index (κ2) is 36.0. The van der Waals surface area contributed by atoms with Gasteiger partial charge in [0.15, 0.2) is 0 Å². The Balaban J connectivity index is 1.70. The molecule has 50 heavy (non-hydrogen) atoms. The second-order valence-electron chi connectivity index (χ2n) is 11.5. The van der Waals surface area contributed by atoms with Crippen molar-refractivity contribution >= 4 is 10.1 Å². The minimum atomic E-state index is -3.92. The van der Waals surface area contributed by atoms with Gasteiger partial charge >= 0.3 is 0 Å². The molecule has 13 nitrogen and oxygen atoms in total. The molecular formula is C36H66O13S. The third kappa shape index (κ3) is 35.0. The Morgan fingerprint density at radius 3 is 1.16 bits per heavy atom. The summed E-state index contributed by atoms with van der Waals surface area (Å²) in [6.07, 6.45) is 10.7. The van der Waals surface area contributed by atoms with Crippen molar-refractivity contribution in [1.29, 1.82) is 0 Å². The molecule has 1 aromatic rings. The number of hydrogen-bond acceptors (Lipinski definition) is 12. The first-order valence-electron chi connectivity index (χ1n) is 18.4. The Bertz CT molecular complexity index is 934. The molecule has 0 saturated carbocycles. The fraction of sp³-hybridized carbons (Fsp3) is 0.833. The van der Waals surface area contributed by atoms with Gasteiger partial charge in [0, 0.05) is 6.61 Å². The average molecular weight is 739 g/mol. The second-order valence-corrected chi connectivity index (χ2v) is 13.1. The predicted octanol–water partition coefficient (Wildman–Crippen LogP) is 4.79. The molecule has 0 unspecified atom stereocenters. The van der Waals surface area contributed by atoms with Gasteiger partial charge in [0.25, 0.3) is 10.1 Å². The van der Waals surface area contributed by atoms with Gasteiger partial charge in [0.05, 0.1) is 118 Å². The van der Waals surface area contributed by atoms with Crippen LogP contribution in [0.2, 0.25) is 0 Å². The highest BCUT2D eigenvalue weighted by Crippen LogP contribution is 2.15. The zero-order valence-corrected chi connectivity index (χ0v) is 31.4. The quantitative estimate of drug-likeness (QED) is 0.0728. The molecule has 0 heterocycles. The van der Waals surface area contributed by atoms with Crippen molar-refractivity contribution in [3.63, 3.8) is 0 Å². The van der Waals surface area contributed by atoms with E-state index in [1.165, 1.54) is 50.5 Å². The number of ether oxygens (including phenoxy) is 10. The van der Waals surface area contributed by atoms with Crippen LogP contribution in [0.15, 0.2) is 24.3 Å². The van der Waals surface area contributed by atoms with E-state index in [1.807, 2.05) is 12.1 Å². The van der Waals surface area contributed by atoms with Crippen molar-refractivity contribution in [2.24, 2.45) is 0 Å². The van der Waals surface area contributed by atoms with Gasteiger partial charge in [-0.05, 0) is 37.0 Å². The van der Waals surface area contributed by atoms with Crippen LogP contribution in [-0.4, -0.2) is 144 Å². The van der Waals surface area contributed by atoms with E-state index < -0.39 is 10.1 Å². The van der Waals surface area contributed by atoms with Gasteiger partial charge in [-0.3, -0.25) is 4.55 Å². The Hall–Kier alpha value is -1.43. The normalized spacial score (nSPS) is 11.8. The Morgan fingerprint density at radius 2 is 0.780 bits per heavy atom. The Morgan fingerprint density at radius 1 is 0.440 bits per heavy atom. The summed E-state index contributed by atoms with van der Waals surface area (Å²) in [5.41, 5.74) is 1.37. The highest BCUT2D eigenvalue weighted by molar-refractivity contribution is 7.85. The van der Waals surface area contributed by atoms with Gasteiger partial charge in [0.2, 0.25) is 0 Å². The molecule has 0 amide bonds. The van der Waals surface area contributed by atoms with Crippen LogP contribution in [0.4, 0.5) is 0 Å². The monoisotopic (exact) mass is 738 g/mol. The Kier molecular flexibility index (Phi) is 33.5. The lowest BCUT2D eigenvalue weighted by molar-refractivity contribution is -0.0253. The minimum absolute atomic E-state index is 0.249. The molecule has 0 saturated heterocycles. The van der Waals surface area contributed by atoms with Crippen LogP contribution in [0.1, 0.15) is 63.9 Å². The van der Waals surface area contributed by atoms with E-state index in [0.717, 1.165) is 12.2 Å². The van der Waals surface area contributed by atoms with Crippen LogP contribution in [0.3, 0.4) is 0 Å². The molecule has 0 aliphatic rings. The molecule has 0 aliphatic carbocycles. The highest BCUT2D eigenvalue weighted by Gasteiger charge is 2.03. The first-order chi connectivity index (χ1) is 24.5. The molecule has 0 radical (unpaired) electrons. The van der Waals surface area contributed by atoms with Crippen molar-refractivity contribution in [2.45, 2.75) is 64.7 Å². The van der Waals surface area contributed by atoms with E-state index in [1.54, 1.807) is 0 Å². The SMILES string of the molecule is CCCCCCCCCc1ccc(OCCOCCOCCOCCOCCOCCOCCOCCOCCOCCCS(=O)(=O)O)cc1. The zero-order chi connectivity index (χ0) is 36.1. The van der Waals surface area contributed by atoms with E-state index in [9.17, 15) is 8.42 Å². The third-order valence-corrected chi connectivity index (χ3v) is 7.96. The van der Waals surface area contributed by atoms with Gasteiger partial charge in [-0.25, -0.2) is 0 Å². The summed E-state index contributed by atoms with van der Waals surface area (Å²) in [6, 6.07) is 8.42. The lowest BCUT2D eigenvalue weighted by Crippen LogP contribution is -2.15. The molecule has 0 spiro atoms. The predicted molar refractivity (Wildman–Crippen MR) is 192 cm³/mol. The van der Waals surface area contributed by atoms with Crippen LogP contribution in [0.5, 0.6) is 5.75 Å². The largest absolute Gasteiger partial charge is 0.491 e. The summed E-state index contributed by atoms with van der Waals surface area (Å²) in [7, 11) is -3.92. The van der Waals surface area contributed by atoms with E-state index in [0.29, 0.717) is 119 Å². The standard InChI is InChI=1S/C36H66O13S/c1-2-3-4-5-6-7-8-10-35-11-13-36(14-12-35)49-33-32-48-31-30-47-29-28-46-27-26-45-25-24-44-23-22-43-21-20-42-19-18-41-17-16-40-15-9-34-50(37,38)39/h11-14H,2-10,15-34H2,1H3,(H,37,38,39). The molecular weight excluding hydrogens is 672 g/mol. The number of aryl methyl sites for hydroxylation is 1.